The Morgan fingerprint density at radius 2 is 2.21 bits per heavy atom. The molecule has 1 aliphatic heterocycles. The molecule has 0 bridgehead atoms. The molecule has 29 heavy (non-hydrogen) atoms. The summed E-state index contributed by atoms with van der Waals surface area (Å²) in [5.41, 5.74) is 6.32. The maximum atomic E-state index is 12.9. The highest BCUT2D eigenvalue weighted by Gasteiger charge is 2.36. The number of hydrogen-bond acceptors (Lipinski definition) is 6. The average molecular weight is 412 g/mol. The van der Waals surface area contributed by atoms with Crippen LogP contribution in [0.25, 0.3) is 0 Å². The molecule has 1 aromatic carbocycles. The number of nitrogens with one attached hydrogen (secondary N) is 1. The predicted octanol–water partition coefficient (Wildman–Crippen LogP) is 1.40. The molecule has 0 aromatic heterocycles. The van der Waals surface area contributed by atoms with Crippen molar-refractivity contribution in [3.05, 3.63) is 18.2 Å². The van der Waals surface area contributed by atoms with Crippen LogP contribution in [0.15, 0.2) is 18.2 Å². The number of morpholine rings is 1. The van der Waals surface area contributed by atoms with Gasteiger partial charge in [0, 0.05) is 30.9 Å². The molecule has 0 unspecified atom stereocenters. The largest absolute Gasteiger partial charge is 0.433 e. The van der Waals surface area contributed by atoms with Crippen molar-refractivity contribution in [1.29, 1.82) is 0 Å². The summed E-state index contributed by atoms with van der Waals surface area (Å²) in [6, 6.07) is 4.11. The molecule has 1 aromatic rings. The molecule has 1 heterocycles. The third-order valence-electron chi connectivity index (χ3n) is 5.04. The lowest BCUT2D eigenvalue weighted by Gasteiger charge is -2.29. The van der Waals surface area contributed by atoms with Crippen molar-refractivity contribution in [3.8, 4) is 5.75 Å². The number of carbonyl (C=O) groups excluding carboxylic acids is 2. The zero-order chi connectivity index (χ0) is 21.0. The maximum Gasteiger partial charge on any atom is 0.387 e. The molecule has 2 amide bonds. The minimum absolute atomic E-state index is 0.0737. The summed E-state index contributed by atoms with van der Waals surface area (Å²) in [6.45, 7) is 0.233. The van der Waals surface area contributed by atoms with E-state index in [0.29, 0.717) is 31.4 Å². The van der Waals surface area contributed by atoms with Crippen molar-refractivity contribution in [2.24, 2.45) is 5.73 Å². The first kappa shape index (κ1) is 21.4. The maximum absolute atomic E-state index is 12.9. The molecule has 3 rings (SSSR count). The zero-order valence-electron chi connectivity index (χ0n) is 16.3. The Labute approximate surface area is 167 Å². The van der Waals surface area contributed by atoms with Crippen LogP contribution in [0.2, 0.25) is 0 Å². The van der Waals surface area contributed by atoms with Crippen LogP contribution in [-0.2, 0) is 14.3 Å². The third-order valence-corrected chi connectivity index (χ3v) is 5.04. The van der Waals surface area contributed by atoms with Crippen molar-refractivity contribution in [2.75, 3.05) is 43.1 Å². The van der Waals surface area contributed by atoms with Crippen LogP contribution in [0.5, 0.6) is 5.75 Å². The number of rotatable bonds is 9. The van der Waals surface area contributed by atoms with Crippen LogP contribution in [-0.4, -0.2) is 68.3 Å². The fourth-order valence-corrected chi connectivity index (χ4v) is 3.52. The van der Waals surface area contributed by atoms with E-state index in [1.165, 1.54) is 17.0 Å². The smallest absolute Gasteiger partial charge is 0.387 e. The van der Waals surface area contributed by atoms with Gasteiger partial charge in [0.15, 0.2) is 5.75 Å². The van der Waals surface area contributed by atoms with Gasteiger partial charge in [-0.1, -0.05) is 6.92 Å². The number of halogens is 2. The van der Waals surface area contributed by atoms with Crippen molar-refractivity contribution in [1.82, 2.24) is 4.90 Å². The van der Waals surface area contributed by atoms with Crippen LogP contribution in [0.1, 0.15) is 19.8 Å². The molecule has 8 nitrogen and oxygen atoms in total. The summed E-state index contributed by atoms with van der Waals surface area (Å²) in [7, 11) is 0. The number of hydrogen-bond donors (Lipinski definition) is 2. The number of carbonyl (C=O) groups is 2. The predicted molar refractivity (Wildman–Crippen MR) is 103 cm³/mol. The molecule has 0 radical (unpaired) electrons. The summed E-state index contributed by atoms with van der Waals surface area (Å²) in [5.74, 6) is -0.867. The quantitative estimate of drug-likeness (QED) is 0.637. The molecule has 0 spiro atoms. The van der Waals surface area contributed by atoms with Gasteiger partial charge in [-0.05, 0) is 31.5 Å². The average Bonchev–Trinajstić information content (AvgIpc) is 3.52. The van der Waals surface area contributed by atoms with Crippen molar-refractivity contribution < 1.29 is 27.8 Å². The van der Waals surface area contributed by atoms with Crippen LogP contribution in [0.3, 0.4) is 0 Å². The number of likely N-dealkylation sites (N-methyl/N-ethyl adjacent to an activating group) is 1. The second-order valence-electron chi connectivity index (χ2n) is 6.96. The standard InChI is InChI=1S/C19H26F2N4O4/c1-2-24(12-3-4-12)15(10-22)18(27)23-14-6-5-13(9-16(14)29-19(20)21)25-7-8-28-11-17(25)26/h5-6,9,12,15,19H,2-4,7-8,10-11,22H2,1H3,(H,23,27)/t15-/m0/s1. The Bertz CT molecular complexity index is 745. The zero-order valence-corrected chi connectivity index (χ0v) is 16.3. The molecule has 2 aliphatic rings. The van der Waals surface area contributed by atoms with Gasteiger partial charge < -0.3 is 25.4 Å². The first-order chi connectivity index (χ1) is 13.9. The van der Waals surface area contributed by atoms with Gasteiger partial charge in [0.25, 0.3) is 5.91 Å². The number of alkyl halides is 2. The van der Waals surface area contributed by atoms with E-state index in [-0.39, 0.29) is 36.4 Å². The molecule has 2 fully saturated rings. The van der Waals surface area contributed by atoms with E-state index in [0.717, 1.165) is 12.8 Å². The molecule has 10 heteroatoms. The van der Waals surface area contributed by atoms with Gasteiger partial charge in [0.05, 0.1) is 12.3 Å². The van der Waals surface area contributed by atoms with Crippen LogP contribution >= 0.6 is 0 Å². The summed E-state index contributed by atoms with van der Waals surface area (Å²) in [4.78, 5) is 28.3. The topological polar surface area (TPSA) is 97.1 Å². The number of benzene rings is 1. The normalized spacial score (nSPS) is 18.3. The Balaban J connectivity index is 1.81. The Morgan fingerprint density at radius 3 is 2.79 bits per heavy atom. The summed E-state index contributed by atoms with van der Waals surface area (Å²) in [5, 5.41) is 2.66. The van der Waals surface area contributed by atoms with E-state index in [1.54, 1.807) is 6.07 Å². The number of nitrogens with two attached hydrogens (primary N) is 1. The number of ether oxygens (including phenoxy) is 2. The van der Waals surface area contributed by atoms with Gasteiger partial charge in [0.1, 0.15) is 12.6 Å². The third kappa shape index (κ3) is 5.20. The summed E-state index contributed by atoms with van der Waals surface area (Å²) in [6.07, 6.45) is 2.03. The van der Waals surface area contributed by atoms with E-state index in [4.69, 9.17) is 10.5 Å². The van der Waals surface area contributed by atoms with Crippen LogP contribution in [0, 0.1) is 0 Å². The Morgan fingerprint density at radius 1 is 1.45 bits per heavy atom. The number of anilines is 2. The first-order valence-corrected chi connectivity index (χ1v) is 9.68. The highest BCUT2D eigenvalue weighted by atomic mass is 19.3. The first-order valence-electron chi connectivity index (χ1n) is 9.68. The van der Waals surface area contributed by atoms with Crippen LogP contribution in [0.4, 0.5) is 20.2 Å². The van der Waals surface area contributed by atoms with Gasteiger partial charge in [-0.15, -0.1) is 0 Å². The fourth-order valence-electron chi connectivity index (χ4n) is 3.52. The molecular formula is C19H26F2N4O4. The van der Waals surface area contributed by atoms with E-state index < -0.39 is 12.7 Å². The molecule has 160 valence electrons. The lowest BCUT2D eigenvalue weighted by Crippen LogP contribution is -2.49. The second kappa shape index (κ2) is 9.47. The Kier molecular flexibility index (Phi) is 6.99. The number of nitrogens with zero attached hydrogens (tertiary/aromatic N) is 2. The molecule has 1 saturated heterocycles. The summed E-state index contributed by atoms with van der Waals surface area (Å²) >= 11 is 0. The van der Waals surface area contributed by atoms with Crippen LogP contribution < -0.4 is 20.7 Å². The highest BCUT2D eigenvalue weighted by Crippen LogP contribution is 2.33. The molecule has 1 atom stereocenters. The summed E-state index contributed by atoms with van der Waals surface area (Å²) < 4.78 is 35.6. The van der Waals surface area contributed by atoms with E-state index >= 15 is 0 Å². The highest BCUT2D eigenvalue weighted by molar-refractivity contribution is 5.98. The molecule has 3 N–H and O–H groups in total. The van der Waals surface area contributed by atoms with Crippen molar-refractivity contribution >= 4 is 23.2 Å². The molecular weight excluding hydrogens is 386 g/mol. The van der Waals surface area contributed by atoms with Gasteiger partial charge in [-0.2, -0.15) is 8.78 Å². The molecule has 1 aliphatic carbocycles. The minimum Gasteiger partial charge on any atom is -0.433 e. The number of amides is 2. The lowest BCUT2D eigenvalue weighted by molar-refractivity contribution is -0.125. The SMILES string of the molecule is CCN(C1CC1)[C@@H](CN)C(=O)Nc1ccc(N2CCOCC2=O)cc1OC(F)F. The van der Waals surface area contributed by atoms with Gasteiger partial charge >= 0.3 is 6.61 Å². The Hall–Kier alpha value is -2.30. The van der Waals surface area contributed by atoms with Gasteiger partial charge in [-0.3, -0.25) is 14.5 Å². The van der Waals surface area contributed by atoms with Crippen molar-refractivity contribution in [2.45, 2.75) is 38.5 Å². The van der Waals surface area contributed by atoms with Gasteiger partial charge in [0.2, 0.25) is 5.91 Å². The van der Waals surface area contributed by atoms with Gasteiger partial charge in [-0.25, -0.2) is 0 Å². The van der Waals surface area contributed by atoms with E-state index in [9.17, 15) is 18.4 Å². The monoisotopic (exact) mass is 412 g/mol. The van der Waals surface area contributed by atoms with Crippen molar-refractivity contribution in [3.63, 3.8) is 0 Å². The second-order valence-corrected chi connectivity index (χ2v) is 6.96. The lowest BCUT2D eigenvalue weighted by atomic mass is 10.2. The van der Waals surface area contributed by atoms with E-state index in [2.05, 4.69) is 10.1 Å². The molecule has 1 saturated carbocycles. The van der Waals surface area contributed by atoms with E-state index in [1.807, 2.05) is 11.8 Å². The fraction of sp³-hybridized carbons (Fsp3) is 0.579. The minimum atomic E-state index is -3.08.